The van der Waals surface area contributed by atoms with Gasteiger partial charge in [-0.25, -0.2) is 52.9 Å². The number of rotatable bonds is 16. The number of fused-ring (bicyclic) bond motifs is 2. The van der Waals surface area contributed by atoms with Gasteiger partial charge in [-0.3, -0.25) is 23.2 Å². The van der Waals surface area contributed by atoms with Crippen LogP contribution in [0.3, 0.4) is 0 Å². The van der Waals surface area contributed by atoms with Crippen LogP contribution in [0.1, 0.15) is 40.2 Å². The molecule has 2 saturated heterocycles. The number of halogens is 3. The Bertz CT molecular complexity index is 2930. The average molecular weight is 1090 g/mol. The summed E-state index contributed by atoms with van der Waals surface area (Å²) >= 11 is 5.68. The van der Waals surface area contributed by atoms with Crippen LogP contribution in [0.2, 0.25) is 0 Å². The molecule has 2 aromatic carbocycles. The molecule has 2 aliphatic heterocycles. The molecule has 12 atom stereocenters. The Hall–Kier alpha value is -6.03. The van der Waals surface area contributed by atoms with E-state index in [4.69, 9.17) is 50.9 Å². The zero-order valence-electron chi connectivity index (χ0n) is 39.7. The van der Waals surface area contributed by atoms with Gasteiger partial charge in [0.1, 0.15) is 71.7 Å². The fourth-order valence-corrected chi connectivity index (χ4v) is 10.4. The van der Waals surface area contributed by atoms with E-state index in [1.165, 1.54) is 81.6 Å². The summed E-state index contributed by atoms with van der Waals surface area (Å²) in [6.07, 6.45) is -2.91. The molecule has 2 unspecified atom stereocenters. The maximum atomic E-state index is 15.7. The van der Waals surface area contributed by atoms with Gasteiger partial charge in [0, 0.05) is 11.2 Å². The first kappa shape index (κ1) is 56.3. The third kappa shape index (κ3) is 13.0. The Morgan fingerprint density at radius 1 is 0.740 bits per heavy atom. The summed E-state index contributed by atoms with van der Waals surface area (Å²) in [6, 6.07) is 14.7. The number of nitrogens with zero attached hydrogens (tertiary/aromatic N) is 8. The predicted octanol–water partition coefficient (Wildman–Crippen LogP) is 3.70. The molecule has 8 rings (SSSR count). The molecule has 26 nitrogen and oxygen atoms in total. The first-order valence-corrected chi connectivity index (χ1v) is 25.8. The van der Waals surface area contributed by atoms with Crippen molar-refractivity contribution in [1.82, 2.24) is 49.2 Å². The Morgan fingerprint density at radius 2 is 1.16 bits per heavy atom. The zero-order chi connectivity index (χ0) is 53.5. The third-order valence-electron chi connectivity index (χ3n) is 11.0. The fourth-order valence-electron chi connectivity index (χ4n) is 7.25. The van der Waals surface area contributed by atoms with Crippen molar-refractivity contribution in [3.8, 4) is 11.5 Å². The molecule has 9 N–H and O–H groups in total. The number of aliphatic hydroxyl groups excluding tert-OH is 3. The van der Waals surface area contributed by atoms with Crippen LogP contribution < -0.4 is 30.7 Å². The van der Waals surface area contributed by atoms with E-state index in [2.05, 4.69) is 49.6 Å². The number of alkyl halides is 2. The molecule has 0 amide bonds. The van der Waals surface area contributed by atoms with Crippen molar-refractivity contribution in [2.75, 3.05) is 38.9 Å². The number of benzene rings is 2. The standard InChI is InChI=1S/C21H26FN6O7P.C11H14FN5O3.C10H13ClNO4P/c1-12(19(30)32-3)27-36(31,35-13-7-5-4-6-8-13)33-9-14-16(29)21(2,22)20(34-14)28-11-26-15-17(23)24-10-25-18(15)28;1-11(12)7(19)5(2-18)20-10(11)17-4-16-6-8(13)14-3-15-9(6)17;1-8(10(13)15-2)12-17(11,14)16-9-6-4-3-5-7-9/h4-8,10-12,14,16,20,29H,9H2,1-3H3,(H,27,31)(H2,23,24,25);3-5,7,10,18-19H,2H2,1H3,(H2,13,14,15);3-8H,1-2H3,(H,12,14)/t12-,14+,16+,20+,21+,36?;5-,7-,10-,11-;8-,17?/m010/s1. The summed E-state index contributed by atoms with van der Waals surface area (Å²) in [5.74, 6) is -0.460. The van der Waals surface area contributed by atoms with Crippen LogP contribution in [0.15, 0.2) is 86.0 Å². The third-order valence-corrected chi connectivity index (χ3v) is 14.3. The van der Waals surface area contributed by atoms with E-state index in [0.717, 1.165) is 6.92 Å². The van der Waals surface area contributed by atoms with Crippen molar-refractivity contribution < 1.29 is 75.3 Å². The largest absolute Gasteiger partial charge is 0.468 e. The highest BCUT2D eigenvalue weighted by Crippen LogP contribution is 2.50. The molecule has 2 aliphatic rings. The Kier molecular flexibility index (Phi) is 18.1. The first-order chi connectivity index (χ1) is 34.5. The molecule has 2 fully saturated rings. The Balaban J connectivity index is 0.000000198. The van der Waals surface area contributed by atoms with Gasteiger partial charge in [0.05, 0.1) is 40.1 Å². The molecule has 0 radical (unpaired) electrons. The number of carbonyl (C=O) groups is 2. The van der Waals surface area contributed by atoms with Crippen LogP contribution in [0.5, 0.6) is 11.5 Å². The van der Waals surface area contributed by atoms with Gasteiger partial charge < -0.3 is 54.8 Å². The number of esters is 2. The van der Waals surface area contributed by atoms with E-state index in [-0.39, 0.29) is 28.5 Å². The minimum Gasteiger partial charge on any atom is -0.468 e. The first-order valence-electron chi connectivity index (χ1n) is 21.7. The van der Waals surface area contributed by atoms with Crippen LogP contribution >= 0.6 is 25.9 Å². The van der Waals surface area contributed by atoms with E-state index in [1.807, 2.05) is 0 Å². The Labute approximate surface area is 419 Å². The SMILES string of the molecule is COC(=O)[C@H](C)NP(=O)(Cl)Oc1ccccc1.COC(=O)[C@H](C)NP(=O)(OC[C@H]1O[C@@H](n2cnc3c(N)ncnc32)[C@](C)(F)[C@@H]1O)Oc1ccccc1.C[C@@]1(F)[C@H](O)[C@@H](CO)O[C@H]1n1cnc2c(N)ncnc21. The summed E-state index contributed by atoms with van der Waals surface area (Å²) in [4.78, 5) is 46.9. The Morgan fingerprint density at radius 3 is 1.60 bits per heavy atom. The van der Waals surface area contributed by atoms with Crippen LogP contribution in [0.4, 0.5) is 20.4 Å². The molecular weight excluding hydrogens is 1030 g/mol. The van der Waals surface area contributed by atoms with Gasteiger partial charge in [-0.15, -0.1) is 0 Å². The predicted molar refractivity (Wildman–Crippen MR) is 256 cm³/mol. The van der Waals surface area contributed by atoms with Gasteiger partial charge in [0.15, 0.2) is 46.7 Å². The highest BCUT2D eigenvalue weighted by molar-refractivity contribution is 7.84. The lowest BCUT2D eigenvalue weighted by Crippen LogP contribution is -2.41. The van der Waals surface area contributed by atoms with E-state index in [9.17, 15) is 33.3 Å². The number of anilines is 2. The van der Waals surface area contributed by atoms with Gasteiger partial charge in [-0.1, -0.05) is 36.4 Å². The van der Waals surface area contributed by atoms with Crippen molar-refractivity contribution in [1.29, 1.82) is 0 Å². The molecule has 73 heavy (non-hydrogen) atoms. The fraction of sp³-hybridized carbons (Fsp3) is 0.429. The van der Waals surface area contributed by atoms with E-state index >= 15 is 4.39 Å². The maximum absolute atomic E-state index is 15.7. The second kappa shape index (κ2) is 23.5. The number of nitrogen functional groups attached to an aromatic ring is 2. The lowest BCUT2D eigenvalue weighted by atomic mass is 9.98. The van der Waals surface area contributed by atoms with Crippen LogP contribution in [-0.2, 0) is 42.2 Å². The molecule has 396 valence electrons. The normalized spacial score (nSPS) is 26.0. The number of nitrogens with one attached hydrogen (secondary N) is 2. The van der Waals surface area contributed by atoms with Gasteiger partial charge in [-0.05, 0) is 52.0 Å². The number of hydrogen-bond acceptors (Lipinski definition) is 22. The van der Waals surface area contributed by atoms with E-state index in [1.54, 1.807) is 48.5 Å². The summed E-state index contributed by atoms with van der Waals surface area (Å²) < 4.78 is 94.8. The highest BCUT2D eigenvalue weighted by atomic mass is 35.7. The number of aromatic nitrogens is 8. The van der Waals surface area contributed by atoms with Crippen LogP contribution in [-0.4, -0.2) is 142 Å². The molecule has 31 heteroatoms. The minimum absolute atomic E-state index is 0.0996. The van der Waals surface area contributed by atoms with Crippen molar-refractivity contribution >= 4 is 71.8 Å². The molecule has 4 aromatic heterocycles. The lowest BCUT2D eigenvalue weighted by Gasteiger charge is -2.25. The highest BCUT2D eigenvalue weighted by Gasteiger charge is 2.57. The number of nitrogens with two attached hydrogens (primary N) is 2. The van der Waals surface area contributed by atoms with Crippen LogP contribution in [0, 0.1) is 0 Å². The van der Waals surface area contributed by atoms with Crippen molar-refractivity contribution in [2.24, 2.45) is 0 Å². The topological polar surface area (TPSA) is 357 Å². The summed E-state index contributed by atoms with van der Waals surface area (Å²) in [6.45, 7) is 0.588. The maximum Gasteiger partial charge on any atom is 0.459 e. The molecular formula is C42H53ClF2N12O14P2. The minimum atomic E-state index is -4.23. The van der Waals surface area contributed by atoms with Gasteiger partial charge in [-0.2, -0.15) is 5.09 Å². The molecule has 0 bridgehead atoms. The number of para-hydroxylation sites is 2. The number of carbonyl (C=O) groups excluding carboxylic acids is 2. The summed E-state index contributed by atoms with van der Waals surface area (Å²) in [7, 11) is -1.82. The second-order valence-corrected chi connectivity index (χ2v) is 20.9. The molecule has 0 spiro atoms. The van der Waals surface area contributed by atoms with E-state index < -0.39 is 100 Å². The summed E-state index contributed by atoms with van der Waals surface area (Å²) in [5.41, 5.74) is 8.13. The number of imidazole rings is 2. The monoisotopic (exact) mass is 1080 g/mol. The zero-order valence-corrected chi connectivity index (χ0v) is 42.3. The van der Waals surface area contributed by atoms with Crippen molar-refractivity contribution in [2.45, 2.75) is 88.0 Å². The number of aliphatic hydroxyl groups is 3. The number of hydrogen-bond donors (Lipinski definition) is 7. The van der Waals surface area contributed by atoms with Crippen molar-refractivity contribution in [3.05, 3.63) is 86.0 Å². The van der Waals surface area contributed by atoms with Crippen molar-refractivity contribution in [3.63, 3.8) is 0 Å². The average Bonchev–Trinajstić information content (AvgIpc) is 4.10. The summed E-state index contributed by atoms with van der Waals surface area (Å²) in [5, 5.41) is 34.6. The molecule has 0 saturated carbocycles. The van der Waals surface area contributed by atoms with Gasteiger partial charge in [0.2, 0.25) is 0 Å². The van der Waals surface area contributed by atoms with Gasteiger partial charge >= 0.3 is 26.6 Å². The number of ether oxygens (including phenoxy) is 4. The second-order valence-electron chi connectivity index (χ2n) is 16.4. The molecule has 6 aromatic rings. The molecule has 6 heterocycles. The number of methoxy groups -OCH3 is 2. The lowest BCUT2D eigenvalue weighted by molar-refractivity contribution is -0.143. The van der Waals surface area contributed by atoms with E-state index in [0.29, 0.717) is 16.9 Å². The van der Waals surface area contributed by atoms with Gasteiger partial charge in [0.25, 0.3) is 0 Å². The smallest absolute Gasteiger partial charge is 0.459 e. The molecule has 0 aliphatic carbocycles. The quantitative estimate of drug-likeness (QED) is 0.0536. The van der Waals surface area contributed by atoms with Crippen LogP contribution in [0.25, 0.3) is 22.3 Å².